The van der Waals surface area contributed by atoms with E-state index in [1.165, 1.54) is 0 Å². The lowest BCUT2D eigenvalue weighted by atomic mass is 9.74. The zero-order valence-electron chi connectivity index (χ0n) is 18.6. The molecule has 6 heteroatoms. The van der Waals surface area contributed by atoms with Crippen LogP contribution in [0.3, 0.4) is 0 Å². The monoisotopic (exact) mass is 402 g/mol. The van der Waals surface area contributed by atoms with Gasteiger partial charge < -0.3 is 19.7 Å². The number of benzene rings is 1. The second-order valence-electron chi connectivity index (χ2n) is 9.84. The maximum Gasteiger partial charge on any atom is 0.256 e. The van der Waals surface area contributed by atoms with Gasteiger partial charge >= 0.3 is 0 Å². The first-order valence-electron chi connectivity index (χ1n) is 10.5. The second-order valence-corrected chi connectivity index (χ2v) is 9.84. The van der Waals surface area contributed by atoms with Crippen molar-refractivity contribution >= 4 is 17.5 Å². The van der Waals surface area contributed by atoms with E-state index < -0.39 is 0 Å². The van der Waals surface area contributed by atoms with Gasteiger partial charge in [-0.1, -0.05) is 41.0 Å². The third-order valence-electron chi connectivity index (χ3n) is 6.14. The van der Waals surface area contributed by atoms with Crippen molar-refractivity contribution in [2.75, 3.05) is 25.6 Å². The molecule has 1 fully saturated rings. The van der Waals surface area contributed by atoms with Crippen LogP contribution in [0, 0.1) is 10.8 Å². The molecule has 1 aromatic carbocycles. The molecule has 0 radical (unpaired) electrons. The van der Waals surface area contributed by atoms with E-state index in [-0.39, 0.29) is 28.7 Å². The Morgan fingerprint density at radius 3 is 2.52 bits per heavy atom. The smallest absolute Gasteiger partial charge is 0.256 e. The lowest BCUT2D eigenvalue weighted by Crippen LogP contribution is -2.40. The predicted molar refractivity (Wildman–Crippen MR) is 114 cm³/mol. The highest BCUT2D eigenvalue weighted by atomic mass is 16.5. The van der Waals surface area contributed by atoms with E-state index in [1.807, 2.05) is 0 Å². The summed E-state index contributed by atoms with van der Waals surface area (Å²) in [5.41, 5.74) is 1.16. The van der Waals surface area contributed by atoms with Gasteiger partial charge in [0.1, 0.15) is 6.04 Å². The van der Waals surface area contributed by atoms with Crippen LogP contribution in [-0.2, 0) is 4.79 Å². The number of amides is 2. The summed E-state index contributed by atoms with van der Waals surface area (Å²) in [6.07, 6.45) is 3.67. The molecule has 1 saturated heterocycles. The molecule has 0 unspecified atom stereocenters. The molecule has 0 spiro atoms. The minimum absolute atomic E-state index is 0.0287. The highest BCUT2D eigenvalue weighted by Gasteiger charge is 2.39. The van der Waals surface area contributed by atoms with Gasteiger partial charge in [0.25, 0.3) is 5.91 Å². The lowest BCUT2D eigenvalue weighted by molar-refractivity contribution is -0.119. The van der Waals surface area contributed by atoms with Crippen molar-refractivity contribution in [3.05, 3.63) is 17.7 Å². The molecule has 1 aromatic rings. The average molecular weight is 403 g/mol. The van der Waals surface area contributed by atoms with Crippen molar-refractivity contribution < 1.29 is 19.1 Å². The summed E-state index contributed by atoms with van der Waals surface area (Å²) in [7, 11) is 1.57. The molecule has 160 valence electrons. The highest BCUT2D eigenvalue weighted by molar-refractivity contribution is 6.10. The van der Waals surface area contributed by atoms with Crippen LogP contribution in [0.4, 0.5) is 5.69 Å². The number of nitrogens with one attached hydrogen (secondary N) is 1. The van der Waals surface area contributed by atoms with Crippen LogP contribution < -0.4 is 14.8 Å². The van der Waals surface area contributed by atoms with E-state index in [4.69, 9.17) is 9.47 Å². The van der Waals surface area contributed by atoms with Gasteiger partial charge in [0.05, 0.1) is 25.0 Å². The van der Waals surface area contributed by atoms with Gasteiger partial charge in [0.15, 0.2) is 11.5 Å². The first kappa shape index (κ1) is 21.5. The van der Waals surface area contributed by atoms with Gasteiger partial charge in [-0.3, -0.25) is 9.59 Å². The molecule has 0 bridgehead atoms. The number of hydrogen-bond donors (Lipinski definition) is 1. The molecule has 0 saturated carbocycles. The highest BCUT2D eigenvalue weighted by Crippen LogP contribution is 2.40. The topological polar surface area (TPSA) is 67.9 Å². The van der Waals surface area contributed by atoms with Crippen molar-refractivity contribution in [2.45, 2.75) is 66.3 Å². The standard InChI is InChI=1S/C23H34N2O4/c1-7-22(2,3)13-23(4,5)14-29-19-12-16-15(11-18(19)28-6)21(27)25-10-8-9-17(25)20(26)24-16/h11-12,17H,7-10,13-14H2,1-6H3,(H,24,26)/t17-/m0/s1. The maximum atomic E-state index is 13.0. The minimum atomic E-state index is -0.388. The van der Waals surface area contributed by atoms with Gasteiger partial charge in [-0.2, -0.15) is 0 Å². The summed E-state index contributed by atoms with van der Waals surface area (Å²) in [6, 6.07) is 3.03. The third kappa shape index (κ3) is 4.51. The molecule has 2 amide bonds. The van der Waals surface area contributed by atoms with E-state index in [9.17, 15) is 9.59 Å². The molecule has 2 aliphatic rings. The van der Waals surface area contributed by atoms with Crippen LogP contribution in [0.25, 0.3) is 0 Å². The first-order chi connectivity index (χ1) is 13.6. The molecule has 6 nitrogen and oxygen atoms in total. The molecule has 2 heterocycles. The van der Waals surface area contributed by atoms with Crippen molar-refractivity contribution in [2.24, 2.45) is 10.8 Å². The number of carbonyl (C=O) groups excluding carboxylic acids is 2. The van der Waals surface area contributed by atoms with Crippen molar-refractivity contribution in [3.63, 3.8) is 0 Å². The van der Waals surface area contributed by atoms with Gasteiger partial charge in [-0.25, -0.2) is 0 Å². The van der Waals surface area contributed by atoms with E-state index >= 15 is 0 Å². The number of carbonyl (C=O) groups is 2. The zero-order chi connectivity index (χ0) is 21.4. The molecule has 1 atom stereocenters. The van der Waals surface area contributed by atoms with E-state index in [1.54, 1.807) is 24.1 Å². The van der Waals surface area contributed by atoms with Crippen LogP contribution in [0.15, 0.2) is 12.1 Å². The number of anilines is 1. The van der Waals surface area contributed by atoms with Crippen molar-refractivity contribution in [1.29, 1.82) is 0 Å². The second kappa shape index (κ2) is 7.88. The minimum Gasteiger partial charge on any atom is -0.493 e. The van der Waals surface area contributed by atoms with Gasteiger partial charge in [-0.05, 0) is 36.2 Å². The molecule has 3 rings (SSSR count). The number of nitrogens with zero attached hydrogens (tertiary/aromatic N) is 1. The summed E-state index contributed by atoms with van der Waals surface area (Å²) in [5, 5.41) is 2.92. The first-order valence-corrected chi connectivity index (χ1v) is 10.5. The van der Waals surface area contributed by atoms with E-state index in [0.717, 1.165) is 19.3 Å². The quantitative estimate of drug-likeness (QED) is 0.730. The number of rotatable bonds is 7. The van der Waals surface area contributed by atoms with E-state index in [0.29, 0.717) is 42.3 Å². The molecule has 1 N–H and O–H groups in total. The normalized spacial score (nSPS) is 19.4. The number of hydrogen-bond acceptors (Lipinski definition) is 4. The summed E-state index contributed by atoms with van der Waals surface area (Å²) in [4.78, 5) is 27.3. The Bertz CT molecular complexity index is 800. The average Bonchev–Trinajstić information content (AvgIpc) is 3.12. The van der Waals surface area contributed by atoms with Crippen molar-refractivity contribution in [1.82, 2.24) is 4.90 Å². The Labute approximate surface area is 173 Å². The number of methoxy groups -OCH3 is 1. The Morgan fingerprint density at radius 1 is 1.14 bits per heavy atom. The zero-order valence-corrected chi connectivity index (χ0v) is 18.6. The van der Waals surface area contributed by atoms with Crippen molar-refractivity contribution in [3.8, 4) is 11.5 Å². The van der Waals surface area contributed by atoms with Crippen LogP contribution in [0.2, 0.25) is 0 Å². The third-order valence-corrected chi connectivity index (χ3v) is 6.14. The summed E-state index contributed by atoms with van der Waals surface area (Å²) < 4.78 is 11.7. The predicted octanol–water partition coefficient (Wildman–Crippen LogP) is 4.48. The van der Waals surface area contributed by atoms with Crippen LogP contribution in [0.1, 0.15) is 70.7 Å². The van der Waals surface area contributed by atoms with Gasteiger partial charge in [0, 0.05) is 12.6 Å². The molecule has 29 heavy (non-hydrogen) atoms. The number of ether oxygens (including phenoxy) is 2. The van der Waals surface area contributed by atoms with Crippen LogP contribution in [-0.4, -0.2) is 43.0 Å². The van der Waals surface area contributed by atoms with Gasteiger partial charge in [0.2, 0.25) is 5.91 Å². The Balaban J connectivity index is 1.85. The maximum absolute atomic E-state index is 13.0. The summed E-state index contributed by atoms with van der Waals surface area (Å²) in [6.45, 7) is 12.3. The summed E-state index contributed by atoms with van der Waals surface area (Å²) >= 11 is 0. The Kier molecular flexibility index (Phi) is 5.84. The number of fused-ring (bicyclic) bond motifs is 2. The SMILES string of the molecule is CCC(C)(C)CC(C)(C)COc1cc2c(cc1OC)C(=O)N1CCC[C@H]1C(=O)N2. The molecule has 0 aliphatic carbocycles. The largest absolute Gasteiger partial charge is 0.493 e. The Hall–Kier alpha value is -2.24. The summed E-state index contributed by atoms with van der Waals surface area (Å²) in [5.74, 6) is 0.796. The van der Waals surface area contributed by atoms with Gasteiger partial charge in [-0.15, -0.1) is 0 Å². The Morgan fingerprint density at radius 2 is 1.86 bits per heavy atom. The lowest BCUT2D eigenvalue weighted by Gasteiger charge is -2.34. The fourth-order valence-corrected chi connectivity index (χ4v) is 4.51. The molecular formula is C23H34N2O4. The fourth-order valence-electron chi connectivity index (χ4n) is 4.51. The fraction of sp³-hybridized carbons (Fsp3) is 0.652. The molecule has 2 aliphatic heterocycles. The van der Waals surface area contributed by atoms with Crippen LogP contribution >= 0.6 is 0 Å². The molecular weight excluding hydrogens is 368 g/mol. The molecule has 0 aromatic heterocycles. The van der Waals surface area contributed by atoms with E-state index in [2.05, 4.69) is 39.9 Å². The van der Waals surface area contributed by atoms with Crippen LogP contribution in [0.5, 0.6) is 11.5 Å².